The summed E-state index contributed by atoms with van der Waals surface area (Å²) >= 11 is 0. The van der Waals surface area contributed by atoms with Gasteiger partial charge in [-0.3, -0.25) is 0 Å². The number of aliphatic hydroxyl groups is 1. The maximum absolute atomic E-state index is 11.5. The molecule has 0 atom stereocenters. The second-order valence-corrected chi connectivity index (χ2v) is 3.33. The molecule has 0 unspecified atom stereocenters. The minimum absolute atomic E-state index is 0.0529. The predicted molar refractivity (Wildman–Crippen MR) is 59.7 cm³/mol. The largest absolute Gasteiger partial charge is 0.491 e. The number of carbonyl (C=O) groups excluding carboxylic acids is 1. The van der Waals surface area contributed by atoms with Crippen LogP contribution in [-0.4, -0.2) is 30.9 Å². The summed E-state index contributed by atoms with van der Waals surface area (Å²) in [5.74, 6) is 0.206. The molecule has 4 heteroatoms. The average Bonchev–Trinajstić information content (AvgIpc) is 2.26. The highest BCUT2D eigenvalue weighted by atomic mass is 16.5. The molecule has 0 spiro atoms. The van der Waals surface area contributed by atoms with Crippen molar-refractivity contribution in [3.8, 4) is 5.75 Å². The Hall–Kier alpha value is -1.55. The molecule has 1 aromatic carbocycles. The molecule has 1 rings (SSSR count). The molecule has 0 aliphatic carbocycles. The summed E-state index contributed by atoms with van der Waals surface area (Å²) in [6.45, 7) is 4.14. The van der Waals surface area contributed by atoms with Crippen LogP contribution in [-0.2, 0) is 4.74 Å². The van der Waals surface area contributed by atoms with E-state index in [1.54, 1.807) is 25.1 Å². The lowest BCUT2D eigenvalue weighted by molar-refractivity contribution is 0.0525. The summed E-state index contributed by atoms with van der Waals surface area (Å²) in [7, 11) is 0. The van der Waals surface area contributed by atoms with E-state index in [1.165, 1.54) is 0 Å². The molecule has 0 aliphatic rings. The molecule has 0 amide bonds. The van der Waals surface area contributed by atoms with E-state index < -0.39 is 0 Å². The molecule has 0 heterocycles. The zero-order valence-electron chi connectivity index (χ0n) is 9.53. The quantitative estimate of drug-likeness (QED) is 0.771. The highest BCUT2D eigenvalue weighted by Crippen LogP contribution is 2.17. The molecule has 0 fully saturated rings. The number of rotatable bonds is 5. The fourth-order valence-electron chi connectivity index (χ4n) is 1.33. The molecule has 0 saturated heterocycles. The number of benzene rings is 1. The second kappa shape index (κ2) is 6.12. The van der Waals surface area contributed by atoms with Crippen molar-refractivity contribution >= 4 is 5.97 Å². The van der Waals surface area contributed by atoms with E-state index in [4.69, 9.17) is 14.6 Å². The fraction of sp³-hybridized carbons (Fsp3) is 0.417. The van der Waals surface area contributed by atoms with Crippen LogP contribution >= 0.6 is 0 Å². The van der Waals surface area contributed by atoms with Gasteiger partial charge in [0.15, 0.2) is 0 Å². The lowest BCUT2D eigenvalue weighted by atomic mass is 10.1. The second-order valence-electron chi connectivity index (χ2n) is 3.33. The van der Waals surface area contributed by atoms with Crippen molar-refractivity contribution in [2.45, 2.75) is 13.8 Å². The van der Waals surface area contributed by atoms with Crippen molar-refractivity contribution in [2.24, 2.45) is 0 Å². The molecule has 88 valence electrons. The van der Waals surface area contributed by atoms with Gasteiger partial charge in [0.1, 0.15) is 12.4 Å². The molecule has 0 aromatic heterocycles. The third-order valence-electron chi connectivity index (χ3n) is 1.92. The van der Waals surface area contributed by atoms with Crippen LogP contribution in [0.1, 0.15) is 22.8 Å². The van der Waals surface area contributed by atoms with Gasteiger partial charge in [-0.05, 0) is 37.6 Å². The molecule has 1 aromatic rings. The van der Waals surface area contributed by atoms with Crippen LogP contribution in [0.4, 0.5) is 0 Å². The molecule has 0 radical (unpaired) electrons. The van der Waals surface area contributed by atoms with Crippen molar-refractivity contribution in [1.82, 2.24) is 0 Å². The molecular weight excluding hydrogens is 208 g/mol. The fourth-order valence-corrected chi connectivity index (χ4v) is 1.33. The van der Waals surface area contributed by atoms with Gasteiger partial charge in [0.2, 0.25) is 0 Å². The number of esters is 1. The molecular formula is C12H16O4. The molecule has 4 nitrogen and oxygen atoms in total. The molecule has 1 N–H and O–H groups in total. The van der Waals surface area contributed by atoms with Gasteiger partial charge in [0, 0.05) is 0 Å². The summed E-state index contributed by atoms with van der Waals surface area (Å²) in [5, 5.41) is 8.64. The first-order valence-electron chi connectivity index (χ1n) is 5.20. The topological polar surface area (TPSA) is 55.8 Å². The summed E-state index contributed by atoms with van der Waals surface area (Å²) in [6.07, 6.45) is 0. The minimum atomic E-state index is -0.361. The highest BCUT2D eigenvalue weighted by Gasteiger charge is 2.08. The van der Waals surface area contributed by atoms with Gasteiger partial charge in [0.25, 0.3) is 0 Å². The van der Waals surface area contributed by atoms with E-state index in [1.807, 2.05) is 6.92 Å². The number of hydrogen-bond donors (Lipinski definition) is 1. The summed E-state index contributed by atoms with van der Waals surface area (Å²) < 4.78 is 10.1. The highest BCUT2D eigenvalue weighted by molar-refractivity contribution is 5.90. The SMILES string of the molecule is CCOC(=O)c1cc(C)cc(OCCO)c1. The average molecular weight is 224 g/mol. The van der Waals surface area contributed by atoms with E-state index in [-0.39, 0.29) is 19.2 Å². The van der Waals surface area contributed by atoms with Crippen LogP contribution in [0.5, 0.6) is 5.75 Å². The molecule has 0 aliphatic heterocycles. The first-order valence-corrected chi connectivity index (χ1v) is 5.20. The van der Waals surface area contributed by atoms with E-state index in [2.05, 4.69) is 0 Å². The Morgan fingerprint density at radius 1 is 1.38 bits per heavy atom. The van der Waals surface area contributed by atoms with Gasteiger partial charge in [0.05, 0.1) is 18.8 Å². The van der Waals surface area contributed by atoms with Gasteiger partial charge in [-0.1, -0.05) is 0 Å². The van der Waals surface area contributed by atoms with Gasteiger partial charge in [-0.15, -0.1) is 0 Å². The third kappa shape index (κ3) is 3.55. The Kier molecular flexibility index (Phi) is 4.79. The Balaban J connectivity index is 2.84. The van der Waals surface area contributed by atoms with Gasteiger partial charge < -0.3 is 14.6 Å². The number of aryl methyl sites for hydroxylation is 1. The van der Waals surface area contributed by atoms with Crippen LogP contribution in [0, 0.1) is 6.92 Å². The van der Waals surface area contributed by atoms with Crippen LogP contribution in [0.25, 0.3) is 0 Å². The van der Waals surface area contributed by atoms with Crippen LogP contribution in [0.2, 0.25) is 0 Å². The molecule has 0 bridgehead atoms. The zero-order chi connectivity index (χ0) is 12.0. The van der Waals surface area contributed by atoms with Gasteiger partial charge >= 0.3 is 5.97 Å². The maximum Gasteiger partial charge on any atom is 0.338 e. The lowest BCUT2D eigenvalue weighted by Crippen LogP contribution is -2.07. The summed E-state index contributed by atoms with van der Waals surface area (Å²) in [4.78, 5) is 11.5. The van der Waals surface area contributed by atoms with E-state index >= 15 is 0 Å². The summed E-state index contributed by atoms with van der Waals surface area (Å²) in [6, 6.07) is 5.16. The smallest absolute Gasteiger partial charge is 0.338 e. The number of ether oxygens (including phenoxy) is 2. The van der Waals surface area contributed by atoms with Gasteiger partial charge in [-0.2, -0.15) is 0 Å². The van der Waals surface area contributed by atoms with Crippen LogP contribution in [0.15, 0.2) is 18.2 Å². The van der Waals surface area contributed by atoms with Crippen molar-refractivity contribution in [3.05, 3.63) is 29.3 Å². The molecule has 0 saturated carbocycles. The minimum Gasteiger partial charge on any atom is -0.491 e. The third-order valence-corrected chi connectivity index (χ3v) is 1.92. The van der Waals surface area contributed by atoms with Crippen molar-refractivity contribution < 1.29 is 19.4 Å². The maximum atomic E-state index is 11.5. The monoisotopic (exact) mass is 224 g/mol. The Morgan fingerprint density at radius 3 is 2.75 bits per heavy atom. The van der Waals surface area contributed by atoms with E-state index in [9.17, 15) is 4.79 Å². The van der Waals surface area contributed by atoms with Crippen LogP contribution < -0.4 is 4.74 Å². The van der Waals surface area contributed by atoms with E-state index in [0.29, 0.717) is 17.9 Å². The lowest BCUT2D eigenvalue weighted by Gasteiger charge is -2.08. The van der Waals surface area contributed by atoms with Crippen molar-refractivity contribution in [1.29, 1.82) is 0 Å². The standard InChI is InChI=1S/C12H16O4/c1-3-15-12(14)10-6-9(2)7-11(8-10)16-5-4-13/h6-8,13H,3-5H2,1-2H3. The number of hydrogen-bond acceptors (Lipinski definition) is 4. The Bertz CT molecular complexity index is 360. The zero-order valence-corrected chi connectivity index (χ0v) is 9.53. The Labute approximate surface area is 94.8 Å². The number of aliphatic hydroxyl groups excluding tert-OH is 1. The van der Waals surface area contributed by atoms with Crippen LogP contribution in [0.3, 0.4) is 0 Å². The first kappa shape index (κ1) is 12.5. The first-order chi connectivity index (χ1) is 7.67. The van der Waals surface area contributed by atoms with E-state index in [0.717, 1.165) is 5.56 Å². The van der Waals surface area contributed by atoms with Crippen molar-refractivity contribution in [2.75, 3.05) is 19.8 Å². The molecule has 16 heavy (non-hydrogen) atoms. The summed E-state index contributed by atoms with van der Waals surface area (Å²) in [5.41, 5.74) is 1.38. The predicted octanol–water partition coefficient (Wildman–Crippen LogP) is 1.54. The Morgan fingerprint density at radius 2 is 2.12 bits per heavy atom. The normalized spacial score (nSPS) is 9.94. The number of carbonyl (C=O) groups is 1. The van der Waals surface area contributed by atoms with Gasteiger partial charge in [-0.25, -0.2) is 4.79 Å². The van der Waals surface area contributed by atoms with Crippen molar-refractivity contribution in [3.63, 3.8) is 0 Å².